The predicted octanol–water partition coefficient (Wildman–Crippen LogP) is 2.01. The molecule has 0 aliphatic carbocycles. The van der Waals surface area contributed by atoms with Gasteiger partial charge in [0.25, 0.3) is 0 Å². The Morgan fingerprint density at radius 2 is 2.25 bits per heavy atom. The standard InChI is InChI=1S/C12H20O4/c1-2-9-10(6-7-11(13)15-9)16-12-5-3-4-8-14-12/h9-10,12H,2-8H2,1H3. The molecule has 3 atom stereocenters. The van der Waals surface area contributed by atoms with Gasteiger partial charge in [0.2, 0.25) is 0 Å². The van der Waals surface area contributed by atoms with Crippen LogP contribution in [0.4, 0.5) is 0 Å². The number of esters is 1. The van der Waals surface area contributed by atoms with Crippen molar-refractivity contribution in [2.45, 2.75) is 63.9 Å². The van der Waals surface area contributed by atoms with Crippen molar-refractivity contribution in [3.05, 3.63) is 0 Å². The van der Waals surface area contributed by atoms with E-state index in [-0.39, 0.29) is 24.5 Å². The summed E-state index contributed by atoms with van der Waals surface area (Å²) >= 11 is 0. The molecule has 2 fully saturated rings. The zero-order valence-corrected chi connectivity index (χ0v) is 9.81. The van der Waals surface area contributed by atoms with E-state index in [1.165, 1.54) is 0 Å². The van der Waals surface area contributed by atoms with E-state index in [2.05, 4.69) is 0 Å². The molecule has 4 nitrogen and oxygen atoms in total. The fourth-order valence-corrected chi connectivity index (χ4v) is 2.27. The number of carbonyl (C=O) groups excluding carboxylic acids is 1. The molecule has 0 aromatic carbocycles. The third-order valence-electron chi connectivity index (χ3n) is 3.20. The molecule has 0 radical (unpaired) electrons. The molecular formula is C12H20O4. The summed E-state index contributed by atoms with van der Waals surface area (Å²) < 4.78 is 16.7. The molecular weight excluding hydrogens is 208 g/mol. The fourth-order valence-electron chi connectivity index (χ4n) is 2.27. The maximum atomic E-state index is 11.2. The van der Waals surface area contributed by atoms with Crippen LogP contribution in [-0.4, -0.2) is 31.1 Å². The molecule has 0 spiro atoms. The Bertz CT molecular complexity index is 235. The molecule has 0 N–H and O–H groups in total. The largest absolute Gasteiger partial charge is 0.460 e. The van der Waals surface area contributed by atoms with E-state index in [9.17, 15) is 4.79 Å². The lowest BCUT2D eigenvalue weighted by Crippen LogP contribution is -2.41. The van der Waals surface area contributed by atoms with Gasteiger partial charge in [-0.15, -0.1) is 0 Å². The molecule has 0 saturated carbocycles. The maximum Gasteiger partial charge on any atom is 0.306 e. The van der Waals surface area contributed by atoms with Crippen LogP contribution in [-0.2, 0) is 19.0 Å². The van der Waals surface area contributed by atoms with Gasteiger partial charge in [-0.05, 0) is 32.1 Å². The zero-order valence-electron chi connectivity index (χ0n) is 9.81. The van der Waals surface area contributed by atoms with Gasteiger partial charge in [0.15, 0.2) is 6.29 Å². The van der Waals surface area contributed by atoms with Crippen molar-refractivity contribution >= 4 is 5.97 Å². The molecule has 3 unspecified atom stereocenters. The van der Waals surface area contributed by atoms with Crippen LogP contribution in [0.2, 0.25) is 0 Å². The average molecular weight is 228 g/mol. The van der Waals surface area contributed by atoms with Gasteiger partial charge in [-0.25, -0.2) is 0 Å². The van der Waals surface area contributed by atoms with E-state index < -0.39 is 0 Å². The van der Waals surface area contributed by atoms with E-state index in [1.54, 1.807) is 0 Å². The Balaban J connectivity index is 1.84. The zero-order chi connectivity index (χ0) is 11.4. The Labute approximate surface area is 96.2 Å². The van der Waals surface area contributed by atoms with E-state index in [1.807, 2.05) is 6.92 Å². The van der Waals surface area contributed by atoms with Crippen LogP contribution in [0.1, 0.15) is 45.4 Å². The second kappa shape index (κ2) is 5.64. The van der Waals surface area contributed by atoms with Crippen LogP contribution < -0.4 is 0 Å². The summed E-state index contributed by atoms with van der Waals surface area (Å²) in [6.45, 7) is 2.80. The first-order valence-electron chi connectivity index (χ1n) is 6.26. The summed E-state index contributed by atoms with van der Waals surface area (Å²) in [5.74, 6) is -0.101. The smallest absolute Gasteiger partial charge is 0.306 e. The Morgan fingerprint density at radius 3 is 2.94 bits per heavy atom. The summed E-state index contributed by atoms with van der Waals surface area (Å²) in [4.78, 5) is 11.2. The summed E-state index contributed by atoms with van der Waals surface area (Å²) in [6, 6.07) is 0. The van der Waals surface area contributed by atoms with Crippen molar-refractivity contribution in [3.63, 3.8) is 0 Å². The number of hydrogen-bond donors (Lipinski definition) is 0. The Kier molecular flexibility index (Phi) is 4.18. The number of hydrogen-bond acceptors (Lipinski definition) is 4. The molecule has 0 aromatic rings. The molecule has 2 heterocycles. The molecule has 2 rings (SSSR count). The molecule has 4 heteroatoms. The van der Waals surface area contributed by atoms with E-state index >= 15 is 0 Å². The molecule has 2 aliphatic heterocycles. The second-order valence-electron chi connectivity index (χ2n) is 4.45. The van der Waals surface area contributed by atoms with Crippen LogP contribution in [0.3, 0.4) is 0 Å². The van der Waals surface area contributed by atoms with Crippen LogP contribution in [0.15, 0.2) is 0 Å². The second-order valence-corrected chi connectivity index (χ2v) is 4.45. The van der Waals surface area contributed by atoms with Crippen molar-refractivity contribution in [2.24, 2.45) is 0 Å². The molecule has 2 saturated heterocycles. The van der Waals surface area contributed by atoms with Crippen LogP contribution in [0, 0.1) is 0 Å². The lowest BCUT2D eigenvalue weighted by molar-refractivity contribution is -0.223. The van der Waals surface area contributed by atoms with Crippen molar-refractivity contribution in [1.29, 1.82) is 0 Å². The summed E-state index contributed by atoms with van der Waals surface area (Å²) in [6.07, 6.45) is 5.11. The van der Waals surface area contributed by atoms with Crippen molar-refractivity contribution in [2.75, 3.05) is 6.61 Å². The van der Waals surface area contributed by atoms with Crippen LogP contribution in [0.25, 0.3) is 0 Å². The summed E-state index contributed by atoms with van der Waals surface area (Å²) in [5, 5.41) is 0. The molecule has 0 bridgehead atoms. The molecule has 92 valence electrons. The molecule has 0 aromatic heterocycles. The lowest BCUT2D eigenvalue weighted by Gasteiger charge is -2.34. The third kappa shape index (κ3) is 2.95. The third-order valence-corrected chi connectivity index (χ3v) is 3.20. The van der Waals surface area contributed by atoms with Crippen molar-refractivity contribution < 1.29 is 19.0 Å². The van der Waals surface area contributed by atoms with Crippen molar-refractivity contribution in [1.82, 2.24) is 0 Å². The minimum atomic E-state index is -0.101. The highest BCUT2D eigenvalue weighted by Gasteiger charge is 2.32. The van der Waals surface area contributed by atoms with Gasteiger partial charge in [0.1, 0.15) is 6.10 Å². The average Bonchev–Trinajstić information content (AvgIpc) is 2.33. The first kappa shape index (κ1) is 11.9. The van der Waals surface area contributed by atoms with E-state index in [4.69, 9.17) is 14.2 Å². The molecule has 16 heavy (non-hydrogen) atoms. The Hall–Kier alpha value is -0.610. The highest BCUT2D eigenvalue weighted by Crippen LogP contribution is 2.24. The van der Waals surface area contributed by atoms with Gasteiger partial charge in [0, 0.05) is 13.0 Å². The normalized spacial score (nSPS) is 35.8. The minimum Gasteiger partial charge on any atom is -0.460 e. The first-order valence-corrected chi connectivity index (χ1v) is 6.26. The predicted molar refractivity (Wildman–Crippen MR) is 57.9 cm³/mol. The Morgan fingerprint density at radius 1 is 1.38 bits per heavy atom. The summed E-state index contributed by atoms with van der Waals surface area (Å²) in [7, 11) is 0. The number of rotatable bonds is 3. The van der Waals surface area contributed by atoms with Gasteiger partial charge < -0.3 is 14.2 Å². The highest BCUT2D eigenvalue weighted by atomic mass is 16.7. The fraction of sp³-hybridized carbons (Fsp3) is 0.917. The number of cyclic esters (lactones) is 1. The van der Waals surface area contributed by atoms with Crippen LogP contribution >= 0.6 is 0 Å². The topological polar surface area (TPSA) is 44.8 Å². The highest BCUT2D eigenvalue weighted by molar-refractivity contribution is 5.70. The maximum absolute atomic E-state index is 11.2. The monoisotopic (exact) mass is 228 g/mol. The van der Waals surface area contributed by atoms with Gasteiger partial charge in [-0.1, -0.05) is 6.92 Å². The van der Waals surface area contributed by atoms with Gasteiger partial charge >= 0.3 is 5.97 Å². The number of ether oxygens (including phenoxy) is 3. The lowest BCUT2D eigenvalue weighted by atomic mass is 10.0. The first-order chi connectivity index (χ1) is 7.79. The molecule has 0 amide bonds. The van der Waals surface area contributed by atoms with Crippen LogP contribution in [0.5, 0.6) is 0 Å². The summed E-state index contributed by atoms with van der Waals surface area (Å²) in [5.41, 5.74) is 0. The number of carbonyl (C=O) groups is 1. The van der Waals surface area contributed by atoms with Crippen molar-refractivity contribution in [3.8, 4) is 0 Å². The van der Waals surface area contributed by atoms with Gasteiger partial charge in [0.05, 0.1) is 6.10 Å². The quantitative estimate of drug-likeness (QED) is 0.693. The van der Waals surface area contributed by atoms with E-state index in [0.29, 0.717) is 6.42 Å². The molecule has 2 aliphatic rings. The van der Waals surface area contributed by atoms with Gasteiger partial charge in [-0.3, -0.25) is 4.79 Å². The van der Waals surface area contributed by atoms with Gasteiger partial charge in [-0.2, -0.15) is 0 Å². The SMILES string of the molecule is CCC1OC(=O)CCC1OC1CCCCO1. The van der Waals surface area contributed by atoms with E-state index in [0.717, 1.165) is 38.7 Å². The minimum absolute atomic E-state index is 0.0193.